The zero-order valence-corrected chi connectivity index (χ0v) is 11.8. The van der Waals surface area contributed by atoms with E-state index in [1.54, 1.807) is 6.20 Å². The molecular formula is C15H21N3O2. The van der Waals surface area contributed by atoms with Crippen molar-refractivity contribution in [1.82, 2.24) is 4.98 Å². The first-order chi connectivity index (χ1) is 9.69. The average molecular weight is 275 g/mol. The second-order valence-electron chi connectivity index (χ2n) is 5.81. The number of anilines is 1. The van der Waals surface area contributed by atoms with Crippen LogP contribution in [-0.2, 0) is 4.74 Å². The van der Waals surface area contributed by atoms with Crippen LogP contribution >= 0.6 is 0 Å². The molecule has 20 heavy (non-hydrogen) atoms. The second kappa shape index (κ2) is 5.40. The Kier molecular flexibility index (Phi) is 3.61. The van der Waals surface area contributed by atoms with Crippen molar-refractivity contribution in [3.8, 4) is 0 Å². The number of hydrogen-bond donors (Lipinski definition) is 1. The zero-order valence-electron chi connectivity index (χ0n) is 11.8. The predicted molar refractivity (Wildman–Crippen MR) is 76.6 cm³/mol. The van der Waals surface area contributed by atoms with Gasteiger partial charge < -0.3 is 15.4 Å². The van der Waals surface area contributed by atoms with Gasteiger partial charge in [-0.3, -0.25) is 0 Å². The largest absolute Gasteiger partial charge is 0.464 e. The number of nitrogens with two attached hydrogens (primary N) is 1. The van der Waals surface area contributed by atoms with Gasteiger partial charge in [-0.25, -0.2) is 9.78 Å². The van der Waals surface area contributed by atoms with Crippen LogP contribution in [-0.4, -0.2) is 37.2 Å². The molecule has 1 saturated carbocycles. The lowest BCUT2D eigenvalue weighted by Crippen LogP contribution is -2.38. The lowest BCUT2D eigenvalue weighted by molar-refractivity contribution is 0.0594. The smallest absolute Gasteiger partial charge is 0.356 e. The van der Waals surface area contributed by atoms with Gasteiger partial charge in [0, 0.05) is 31.0 Å². The predicted octanol–water partition coefficient (Wildman–Crippen LogP) is 1.43. The highest BCUT2D eigenvalue weighted by atomic mass is 16.5. The van der Waals surface area contributed by atoms with Crippen LogP contribution in [0.2, 0.25) is 0 Å². The number of nitrogens with zero attached hydrogens (tertiary/aromatic N) is 2. The van der Waals surface area contributed by atoms with E-state index < -0.39 is 0 Å². The number of carbonyl (C=O) groups is 1. The number of ether oxygens (including phenoxy) is 1. The van der Waals surface area contributed by atoms with E-state index in [0.29, 0.717) is 23.6 Å². The van der Waals surface area contributed by atoms with Gasteiger partial charge in [0.05, 0.1) is 7.11 Å². The fourth-order valence-electron chi connectivity index (χ4n) is 3.56. The van der Waals surface area contributed by atoms with E-state index >= 15 is 0 Å². The van der Waals surface area contributed by atoms with E-state index in [-0.39, 0.29) is 5.97 Å². The van der Waals surface area contributed by atoms with E-state index in [1.807, 2.05) is 12.1 Å². The number of pyridine rings is 1. The summed E-state index contributed by atoms with van der Waals surface area (Å²) < 4.78 is 4.73. The molecule has 1 aromatic heterocycles. The molecule has 1 aliphatic carbocycles. The van der Waals surface area contributed by atoms with Crippen LogP contribution < -0.4 is 10.6 Å². The van der Waals surface area contributed by atoms with Crippen molar-refractivity contribution < 1.29 is 9.53 Å². The average Bonchev–Trinajstić information content (AvgIpc) is 2.92. The number of fused-ring (bicyclic) bond motifs is 1. The SMILES string of the molecule is COC(=O)c1cc(N2CC3CCCC(N)C3C2)ccn1. The summed E-state index contributed by atoms with van der Waals surface area (Å²) in [5.74, 6) is 0.882. The number of aromatic nitrogens is 1. The Hall–Kier alpha value is -1.62. The van der Waals surface area contributed by atoms with Crippen LogP contribution in [0.5, 0.6) is 0 Å². The molecule has 3 rings (SSSR count). The summed E-state index contributed by atoms with van der Waals surface area (Å²) in [4.78, 5) is 17.9. The Bertz CT molecular complexity index is 506. The summed E-state index contributed by atoms with van der Waals surface area (Å²) in [6, 6.07) is 4.09. The molecule has 2 heterocycles. The van der Waals surface area contributed by atoms with Crippen molar-refractivity contribution in [3.05, 3.63) is 24.0 Å². The highest BCUT2D eigenvalue weighted by Gasteiger charge is 2.38. The standard InChI is InChI=1S/C15H21N3O2/c1-20-15(19)14-7-11(5-6-17-14)18-8-10-3-2-4-13(16)12(10)9-18/h5-7,10,12-13H,2-4,8-9,16H2,1H3. The van der Waals surface area contributed by atoms with Crippen molar-refractivity contribution in [1.29, 1.82) is 0 Å². The third kappa shape index (κ3) is 2.38. The third-order valence-corrected chi connectivity index (χ3v) is 4.66. The van der Waals surface area contributed by atoms with Crippen molar-refractivity contribution >= 4 is 11.7 Å². The van der Waals surface area contributed by atoms with Crippen molar-refractivity contribution in [2.75, 3.05) is 25.1 Å². The van der Waals surface area contributed by atoms with Crippen molar-refractivity contribution in [3.63, 3.8) is 0 Å². The highest BCUT2D eigenvalue weighted by molar-refractivity contribution is 5.88. The van der Waals surface area contributed by atoms with Gasteiger partial charge in [-0.05, 0) is 36.8 Å². The Morgan fingerprint density at radius 3 is 3.05 bits per heavy atom. The van der Waals surface area contributed by atoms with Crippen LogP contribution in [0.15, 0.2) is 18.3 Å². The fourth-order valence-corrected chi connectivity index (χ4v) is 3.56. The molecule has 2 N–H and O–H groups in total. The van der Waals surface area contributed by atoms with E-state index in [1.165, 1.54) is 20.0 Å². The van der Waals surface area contributed by atoms with Crippen LogP contribution in [0.4, 0.5) is 5.69 Å². The summed E-state index contributed by atoms with van der Waals surface area (Å²) in [6.45, 7) is 2.01. The molecule has 5 heteroatoms. The molecule has 2 aliphatic rings. The first-order valence-corrected chi connectivity index (χ1v) is 7.24. The first-order valence-electron chi connectivity index (χ1n) is 7.24. The maximum atomic E-state index is 11.6. The Morgan fingerprint density at radius 2 is 2.30 bits per heavy atom. The third-order valence-electron chi connectivity index (χ3n) is 4.66. The topological polar surface area (TPSA) is 68.5 Å². The molecule has 0 amide bonds. The van der Waals surface area contributed by atoms with Crippen molar-refractivity contribution in [2.45, 2.75) is 25.3 Å². The molecule has 1 aliphatic heterocycles. The minimum Gasteiger partial charge on any atom is -0.464 e. The molecule has 3 atom stereocenters. The van der Waals surface area contributed by atoms with Gasteiger partial charge in [-0.2, -0.15) is 0 Å². The molecule has 0 spiro atoms. The molecule has 0 aromatic carbocycles. The minimum absolute atomic E-state index is 0.320. The Labute approximate surface area is 119 Å². The van der Waals surface area contributed by atoms with Crippen LogP contribution in [0.1, 0.15) is 29.8 Å². The van der Waals surface area contributed by atoms with Gasteiger partial charge in [0.25, 0.3) is 0 Å². The lowest BCUT2D eigenvalue weighted by atomic mass is 9.78. The number of methoxy groups -OCH3 is 1. The number of carbonyl (C=O) groups excluding carboxylic acids is 1. The van der Waals surface area contributed by atoms with Crippen LogP contribution in [0, 0.1) is 11.8 Å². The van der Waals surface area contributed by atoms with Gasteiger partial charge in [0.1, 0.15) is 5.69 Å². The van der Waals surface area contributed by atoms with Crippen molar-refractivity contribution in [2.24, 2.45) is 17.6 Å². The highest BCUT2D eigenvalue weighted by Crippen LogP contribution is 2.37. The maximum absolute atomic E-state index is 11.6. The number of hydrogen-bond acceptors (Lipinski definition) is 5. The number of esters is 1. The van der Waals surface area contributed by atoms with E-state index in [9.17, 15) is 4.79 Å². The van der Waals surface area contributed by atoms with Gasteiger partial charge in [-0.1, -0.05) is 6.42 Å². The zero-order chi connectivity index (χ0) is 14.1. The summed E-state index contributed by atoms with van der Waals surface area (Å²) in [5, 5.41) is 0. The molecular weight excluding hydrogens is 254 g/mol. The molecule has 108 valence electrons. The normalized spacial score (nSPS) is 29.1. The molecule has 1 aromatic rings. The molecule has 1 saturated heterocycles. The molecule has 5 nitrogen and oxygen atoms in total. The summed E-state index contributed by atoms with van der Waals surface area (Å²) in [5.41, 5.74) is 7.66. The van der Waals surface area contributed by atoms with E-state index in [2.05, 4.69) is 9.88 Å². The molecule has 3 unspecified atom stereocenters. The molecule has 0 bridgehead atoms. The van der Waals surface area contributed by atoms with Gasteiger partial charge in [-0.15, -0.1) is 0 Å². The maximum Gasteiger partial charge on any atom is 0.356 e. The fraction of sp³-hybridized carbons (Fsp3) is 0.600. The summed E-state index contributed by atoms with van der Waals surface area (Å²) in [6.07, 6.45) is 5.31. The summed E-state index contributed by atoms with van der Waals surface area (Å²) in [7, 11) is 1.38. The Morgan fingerprint density at radius 1 is 1.45 bits per heavy atom. The molecule has 2 fully saturated rings. The van der Waals surface area contributed by atoms with E-state index in [0.717, 1.165) is 25.2 Å². The number of rotatable bonds is 2. The Balaban J connectivity index is 1.79. The summed E-state index contributed by atoms with van der Waals surface area (Å²) >= 11 is 0. The van der Waals surface area contributed by atoms with Crippen LogP contribution in [0.25, 0.3) is 0 Å². The quantitative estimate of drug-likeness (QED) is 0.827. The monoisotopic (exact) mass is 275 g/mol. The van der Waals surface area contributed by atoms with Gasteiger partial charge in [0.2, 0.25) is 0 Å². The second-order valence-corrected chi connectivity index (χ2v) is 5.81. The first kappa shape index (κ1) is 13.4. The molecule has 0 radical (unpaired) electrons. The van der Waals surface area contributed by atoms with Crippen LogP contribution in [0.3, 0.4) is 0 Å². The van der Waals surface area contributed by atoms with Gasteiger partial charge >= 0.3 is 5.97 Å². The van der Waals surface area contributed by atoms with Gasteiger partial charge in [0.15, 0.2) is 0 Å². The van der Waals surface area contributed by atoms with E-state index in [4.69, 9.17) is 10.5 Å². The minimum atomic E-state index is -0.389. The lowest BCUT2D eigenvalue weighted by Gasteiger charge is -2.29.